The molecule has 130 valence electrons. The highest BCUT2D eigenvalue weighted by Gasteiger charge is 2.79. The fourth-order valence-corrected chi connectivity index (χ4v) is 5.97. The molecule has 2 saturated carbocycles. The van der Waals surface area contributed by atoms with Gasteiger partial charge in [0.2, 0.25) is 0 Å². The van der Waals surface area contributed by atoms with Crippen molar-refractivity contribution in [2.45, 2.75) is 62.8 Å². The third-order valence-corrected chi connectivity index (χ3v) is 7.53. The first-order valence-electron chi connectivity index (χ1n) is 9.23. The molecule has 3 fully saturated rings. The van der Waals surface area contributed by atoms with E-state index in [4.69, 9.17) is 4.74 Å². The van der Waals surface area contributed by atoms with Crippen molar-refractivity contribution in [3.05, 3.63) is 28.8 Å². The van der Waals surface area contributed by atoms with Crippen LogP contribution in [0.15, 0.2) is 12.1 Å². The number of hydrogen-bond donors (Lipinski definition) is 2. The monoisotopic (exact) mass is 329 g/mol. The lowest BCUT2D eigenvalue weighted by Crippen LogP contribution is -2.42. The number of rotatable bonds is 4. The maximum absolute atomic E-state index is 11.3. The predicted molar refractivity (Wildman–Crippen MR) is 90.9 cm³/mol. The number of phenols is 1. The Morgan fingerprint density at radius 3 is 2.75 bits per heavy atom. The molecule has 0 radical (unpaired) electrons. The number of fused-ring (bicyclic) bond motifs is 3. The van der Waals surface area contributed by atoms with Crippen LogP contribution in [0.3, 0.4) is 0 Å². The zero-order chi connectivity index (χ0) is 16.9. The second kappa shape index (κ2) is 4.54. The van der Waals surface area contributed by atoms with E-state index in [-0.39, 0.29) is 11.0 Å². The quantitative estimate of drug-likeness (QED) is 0.834. The van der Waals surface area contributed by atoms with Crippen molar-refractivity contribution in [2.24, 2.45) is 11.8 Å². The lowest BCUT2D eigenvalue weighted by Gasteiger charge is -2.43. The molecule has 6 atom stereocenters. The van der Waals surface area contributed by atoms with Gasteiger partial charge in [0.15, 0.2) is 0 Å². The number of methoxy groups -OCH3 is 1. The molecule has 0 aromatic heterocycles. The molecule has 0 amide bonds. The van der Waals surface area contributed by atoms with Gasteiger partial charge in [-0.05, 0) is 59.8 Å². The van der Waals surface area contributed by atoms with Gasteiger partial charge in [0.1, 0.15) is 5.75 Å². The molecule has 1 aromatic rings. The van der Waals surface area contributed by atoms with Crippen LogP contribution < -0.4 is 0 Å². The molecule has 6 unspecified atom stereocenters. The van der Waals surface area contributed by atoms with E-state index in [1.807, 2.05) is 12.1 Å². The van der Waals surface area contributed by atoms with Crippen LogP contribution >= 0.6 is 0 Å². The van der Waals surface area contributed by atoms with Gasteiger partial charge in [-0.3, -0.25) is 4.90 Å². The lowest BCUT2D eigenvalue weighted by molar-refractivity contribution is 0.0688. The van der Waals surface area contributed by atoms with E-state index in [1.165, 1.54) is 12.8 Å². The first-order valence-corrected chi connectivity index (χ1v) is 9.23. The average Bonchev–Trinajstić information content (AvgIpc) is 3.44. The highest BCUT2D eigenvalue weighted by molar-refractivity contribution is 5.55. The van der Waals surface area contributed by atoms with Crippen LogP contribution in [0.4, 0.5) is 0 Å². The summed E-state index contributed by atoms with van der Waals surface area (Å²) in [4.78, 5) is 2.59. The second-order valence-electron chi connectivity index (χ2n) is 8.82. The summed E-state index contributed by atoms with van der Waals surface area (Å²) in [7, 11) is 1.63. The zero-order valence-corrected chi connectivity index (χ0v) is 14.7. The molecule has 24 heavy (non-hydrogen) atoms. The number of aliphatic hydroxyl groups excluding tert-OH is 1. The Labute approximate surface area is 143 Å². The lowest BCUT2D eigenvalue weighted by atomic mass is 9.66. The van der Waals surface area contributed by atoms with Crippen LogP contribution in [0, 0.1) is 11.8 Å². The Morgan fingerprint density at radius 1 is 1.33 bits per heavy atom. The summed E-state index contributed by atoms with van der Waals surface area (Å²) in [6.07, 6.45) is 3.26. The third-order valence-electron chi connectivity index (χ3n) is 7.53. The molecule has 3 aliphatic carbocycles. The summed E-state index contributed by atoms with van der Waals surface area (Å²) in [6.45, 7) is 6.18. The molecule has 1 aliphatic heterocycles. The molecule has 1 spiro atoms. The smallest absolute Gasteiger partial charge is 0.121 e. The largest absolute Gasteiger partial charge is 0.508 e. The van der Waals surface area contributed by atoms with Crippen molar-refractivity contribution in [3.8, 4) is 5.75 Å². The topological polar surface area (TPSA) is 52.7 Å². The van der Waals surface area contributed by atoms with Gasteiger partial charge in [0.25, 0.3) is 0 Å². The molecular formula is C20H27NO3. The van der Waals surface area contributed by atoms with E-state index in [0.29, 0.717) is 24.3 Å². The van der Waals surface area contributed by atoms with Crippen molar-refractivity contribution in [2.75, 3.05) is 13.7 Å². The Bertz CT molecular complexity index is 715. The highest BCUT2D eigenvalue weighted by atomic mass is 16.5. The molecule has 4 aliphatic rings. The van der Waals surface area contributed by atoms with Crippen LogP contribution in [-0.2, 0) is 16.8 Å². The summed E-state index contributed by atoms with van der Waals surface area (Å²) < 4.78 is 5.22. The summed E-state index contributed by atoms with van der Waals surface area (Å²) in [5.41, 5.74) is 2.91. The number of aliphatic hydroxyl groups is 1. The molecule has 4 heteroatoms. The van der Waals surface area contributed by atoms with Crippen LogP contribution in [0.1, 0.15) is 55.9 Å². The molecule has 1 aromatic carbocycles. The molecule has 4 nitrogen and oxygen atoms in total. The summed E-state index contributed by atoms with van der Waals surface area (Å²) >= 11 is 0. The van der Waals surface area contributed by atoms with Gasteiger partial charge in [-0.2, -0.15) is 0 Å². The van der Waals surface area contributed by atoms with Crippen LogP contribution in [0.5, 0.6) is 5.75 Å². The van der Waals surface area contributed by atoms with E-state index in [0.717, 1.165) is 35.6 Å². The van der Waals surface area contributed by atoms with Crippen molar-refractivity contribution < 1.29 is 14.9 Å². The SMILES string of the molecule is COCc1cc2c(cc1O)C1(C)CC3(C2O)C(C1C)N3CC1CC1. The van der Waals surface area contributed by atoms with E-state index < -0.39 is 6.10 Å². The first-order chi connectivity index (χ1) is 11.4. The second-order valence-corrected chi connectivity index (χ2v) is 8.82. The van der Waals surface area contributed by atoms with E-state index in [2.05, 4.69) is 18.7 Å². The van der Waals surface area contributed by atoms with Gasteiger partial charge in [0.05, 0.1) is 18.2 Å². The summed E-state index contributed by atoms with van der Waals surface area (Å²) in [5.74, 6) is 1.64. The van der Waals surface area contributed by atoms with Crippen molar-refractivity contribution in [1.82, 2.24) is 4.90 Å². The van der Waals surface area contributed by atoms with Gasteiger partial charge < -0.3 is 14.9 Å². The third kappa shape index (κ3) is 1.65. The molecule has 1 heterocycles. The number of likely N-dealkylation sites (tertiary alicyclic amines) is 1. The minimum atomic E-state index is -0.453. The molecule has 2 bridgehead atoms. The minimum Gasteiger partial charge on any atom is -0.508 e. The predicted octanol–water partition coefficient (Wildman–Crippen LogP) is 2.72. The number of nitrogens with zero attached hydrogens (tertiary/aromatic N) is 1. The molecule has 2 N–H and O–H groups in total. The van der Waals surface area contributed by atoms with Crippen molar-refractivity contribution in [1.29, 1.82) is 0 Å². The van der Waals surface area contributed by atoms with Crippen molar-refractivity contribution >= 4 is 0 Å². The summed E-state index contributed by atoms with van der Waals surface area (Å²) in [6, 6.07) is 4.37. The van der Waals surface area contributed by atoms with E-state index >= 15 is 0 Å². The Kier molecular flexibility index (Phi) is 2.87. The standard InChI is InChI=1S/C20H27NO3/c1-11-17-20(21(17)8-12-4-5-12)10-19(11,2)15-7-16(22)13(9-24-3)6-14(15)18(20)23/h6-7,11-12,17-18,22-23H,4-5,8-10H2,1-3H3. The maximum atomic E-state index is 11.3. The van der Waals surface area contributed by atoms with E-state index in [1.54, 1.807) is 7.11 Å². The number of aromatic hydroxyl groups is 1. The first kappa shape index (κ1) is 15.2. The normalized spacial score (nSPS) is 45.0. The minimum absolute atomic E-state index is 0.0440. The highest BCUT2D eigenvalue weighted by Crippen LogP contribution is 2.72. The Morgan fingerprint density at radius 2 is 2.08 bits per heavy atom. The van der Waals surface area contributed by atoms with Crippen LogP contribution in [0.25, 0.3) is 0 Å². The van der Waals surface area contributed by atoms with Crippen LogP contribution in [-0.4, -0.2) is 40.3 Å². The maximum Gasteiger partial charge on any atom is 0.121 e. The summed E-state index contributed by atoms with van der Waals surface area (Å²) in [5, 5.41) is 21.7. The molecule has 1 saturated heterocycles. The van der Waals surface area contributed by atoms with Gasteiger partial charge >= 0.3 is 0 Å². The number of benzene rings is 1. The van der Waals surface area contributed by atoms with Gasteiger partial charge in [0, 0.05) is 25.3 Å². The van der Waals surface area contributed by atoms with Gasteiger partial charge in [-0.1, -0.05) is 13.8 Å². The fourth-order valence-electron chi connectivity index (χ4n) is 5.97. The zero-order valence-electron chi connectivity index (χ0n) is 14.7. The van der Waals surface area contributed by atoms with Gasteiger partial charge in [-0.25, -0.2) is 0 Å². The van der Waals surface area contributed by atoms with Crippen molar-refractivity contribution in [3.63, 3.8) is 0 Å². The van der Waals surface area contributed by atoms with E-state index in [9.17, 15) is 10.2 Å². The number of piperidine rings is 1. The fraction of sp³-hybridized carbons (Fsp3) is 0.700. The Balaban J connectivity index is 1.61. The molecule has 5 rings (SSSR count). The number of hydrogen-bond acceptors (Lipinski definition) is 4. The average molecular weight is 329 g/mol. The van der Waals surface area contributed by atoms with Gasteiger partial charge in [-0.15, -0.1) is 0 Å². The number of ether oxygens (including phenoxy) is 1. The molecular weight excluding hydrogens is 302 g/mol. The van der Waals surface area contributed by atoms with Crippen LogP contribution in [0.2, 0.25) is 0 Å². The number of phenolic OH excluding ortho intramolecular Hbond substituents is 1. The Hall–Kier alpha value is -1.10.